The summed E-state index contributed by atoms with van der Waals surface area (Å²) in [6.07, 6.45) is 6.19. The van der Waals surface area contributed by atoms with Gasteiger partial charge in [0.2, 0.25) is 0 Å². The number of hydrogen-bond donors (Lipinski definition) is 0. The van der Waals surface area contributed by atoms with Crippen molar-refractivity contribution in [2.45, 2.75) is 71.4 Å². The second-order valence-electron chi connectivity index (χ2n) is 8.55. The molecule has 0 saturated carbocycles. The molecule has 28 heavy (non-hydrogen) atoms. The van der Waals surface area contributed by atoms with Crippen LogP contribution in [0.4, 0.5) is 9.80 Å². The fraction of sp³-hybridized carbons (Fsp3) is 0.714. The molecule has 6 nitrogen and oxygen atoms in total. The number of aryl methyl sites for hydroxylation is 1. The van der Waals surface area contributed by atoms with Gasteiger partial charge in [0.05, 0.1) is 5.00 Å². The number of anilines is 1. The van der Waals surface area contributed by atoms with Crippen molar-refractivity contribution < 1.29 is 19.1 Å². The van der Waals surface area contributed by atoms with E-state index in [1.54, 1.807) is 0 Å². The van der Waals surface area contributed by atoms with Crippen LogP contribution in [0.2, 0.25) is 0 Å². The maximum absolute atomic E-state index is 12.3. The Balaban J connectivity index is 0.000000878. The molecular weight excluding hydrogens is 376 g/mol. The van der Waals surface area contributed by atoms with E-state index in [4.69, 9.17) is 14.3 Å². The van der Waals surface area contributed by atoms with Gasteiger partial charge < -0.3 is 14.5 Å². The lowest BCUT2D eigenvalue weighted by Gasteiger charge is -2.44. The Kier molecular flexibility index (Phi) is 8.08. The van der Waals surface area contributed by atoms with Gasteiger partial charge in [-0.25, -0.2) is 4.79 Å². The highest BCUT2D eigenvalue weighted by molar-refractivity contribution is 7.14. The third-order valence-corrected chi connectivity index (χ3v) is 6.43. The number of thiophene rings is 1. The van der Waals surface area contributed by atoms with Crippen LogP contribution in [0.1, 0.15) is 58.4 Å². The van der Waals surface area contributed by atoms with E-state index < -0.39 is 5.60 Å². The monoisotopic (exact) mass is 408 g/mol. The number of nitrogens with zero attached hydrogens (tertiary/aromatic N) is 2. The summed E-state index contributed by atoms with van der Waals surface area (Å²) in [6.45, 7) is 10.9. The first-order chi connectivity index (χ1) is 13.3. The van der Waals surface area contributed by atoms with Crippen molar-refractivity contribution in [3.8, 4) is 0 Å². The number of rotatable bonds is 2. The van der Waals surface area contributed by atoms with Crippen LogP contribution in [0.25, 0.3) is 0 Å². The van der Waals surface area contributed by atoms with Gasteiger partial charge in [0, 0.05) is 25.7 Å². The molecule has 2 saturated heterocycles. The molecule has 2 aliphatic heterocycles. The summed E-state index contributed by atoms with van der Waals surface area (Å²) in [5.41, 5.74) is 0.994. The molecule has 156 valence electrons. The fourth-order valence-corrected chi connectivity index (χ4v) is 5.17. The van der Waals surface area contributed by atoms with Gasteiger partial charge in [-0.1, -0.05) is 0 Å². The summed E-state index contributed by atoms with van der Waals surface area (Å²) in [6, 6.07) is 2.86. The van der Waals surface area contributed by atoms with Crippen LogP contribution >= 0.6 is 11.3 Å². The molecule has 0 aliphatic carbocycles. The highest BCUT2D eigenvalue weighted by Gasteiger charge is 2.35. The van der Waals surface area contributed by atoms with Crippen LogP contribution in [0, 0.1) is 12.8 Å². The molecule has 7 heteroatoms. The lowest BCUT2D eigenvalue weighted by molar-refractivity contribution is -0.191. The first kappa shape index (κ1) is 22.4. The van der Waals surface area contributed by atoms with Gasteiger partial charge in [0.15, 0.2) is 0 Å². The van der Waals surface area contributed by atoms with E-state index >= 15 is 0 Å². The van der Waals surface area contributed by atoms with Gasteiger partial charge in [-0.2, -0.15) is 9.59 Å². The smallest absolute Gasteiger partial charge is 0.410 e. The summed E-state index contributed by atoms with van der Waals surface area (Å²) in [4.78, 5) is 33.1. The number of ether oxygens (including phenoxy) is 1. The average Bonchev–Trinajstić information content (AvgIpc) is 3.07. The van der Waals surface area contributed by atoms with Crippen molar-refractivity contribution in [3.05, 3.63) is 17.0 Å². The fourth-order valence-electron chi connectivity index (χ4n) is 4.15. The number of likely N-dealkylation sites (tertiary alicyclic amines) is 1. The van der Waals surface area contributed by atoms with Crippen LogP contribution < -0.4 is 4.90 Å². The summed E-state index contributed by atoms with van der Waals surface area (Å²) in [7, 11) is 0. The Bertz CT molecular complexity index is 668. The summed E-state index contributed by atoms with van der Waals surface area (Å²) < 4.78 is 5.53. The first-order valence-electron chi connectivity index (χ1n) is 10.0. The van der Waals surface area contributed by atoms with Crippen LogP contribution in [0.5, 0.6) is 0 Å². The molecule has 1 amide bonds. The maximum Gasteiger partial charge on any atom is 0.410 e. The Morgan fingerprint density at radius 3 is 2.32 bits per heavy atom. The van der Waals surface area contributed by atoms with Crippen molar-refractivity contribution in [1.29, 1.82) is 0 Å². The van der Waals surface area contributed by atoms with Gasteiger partial charge in [-0.15, -0.1) is 11.3 Å². The molecule has 0 spiro atoms. The van der Waals surface area contributed by atoms with Crippen molar-refractivity contribution >= 4 is 28.6 Å². The van der Waals surface area contributed by atoms with Gasteiger partial charge in [-0.05, 0) is 82.7 Å². The molecule has 1 aromatic rings. The number of piperidine rings is 2. The maximum atomic E-state index is 12.3. The zero-order valence-electron chi connectivity index (χ0n) is 17.4. The molecule has 1 atom stereocenters. The molecule has 3 heterocycles. The predicted octanol–water partition coefficient (Wildman–Crippen LogP) is 4.48. The standard InChI is InChI=1S/C20H32N2O2S.CO2/c1-15-10-14-25-18(15)22-11-6-5-7-17(22)16-8-12-21(13-9-16)19(23)24-20(2,3)4;2-1-3/h10,14,16-17H,5-9,11-13H2,1-4H3;. The van der Waals surface area contributed by atoms with Gasteiger partial charge in [-0.3, -0.25) is 0 Å². The van der Waals surface area contributed by atoms with Crippen LogP contribution in [-0.4, -0.2) is 48.4 Å². The quantitative estimate of drug-likeness (QED) is 0.722. The summed E-state index contributed by atoms with van der Waals surface area (Å²) >= 11 is 1.88. The Morgan fingerprint density at radius 1 is 1.14 bits per heavy atom. The second kappa shape index (κ2) is 10.1. The first-order valence-corrected chi connectivity index (χ1v) is 10.9. The third-order valence-electron chi connectivity index (χ3n) is 5.38. The lowest BCUT2D eigenvalue weighted by atomic mass is 9.83. The molecular formula is C21H32N2O4S. The number of hydrogen-bond acceptors (Lipinski definition) is 6. The van der Waals surface area contributed by atoms with Gasteiger partial charge in [0.1, 0.15) is 5.60 Å². The zero-order chi connectivity index (χ0) is 20.7. The molecule has 2 aliphatic rings. The highest BCUT2D eigenvalue weighted by atomic mass is 32.1. The van der Waals surface area contributed by atoms with Crippen molar-refractivity contribution in [3.63, 3.8) is 0 Å². The van der Waals surface area contributed by atoms with E-state index in [-0.39, 0.29) is 12.2 Å². The Labute approximate surface area is 171 Å². The van der Waals surface area contributed by atoms with Crippen molar-refractivity contribution in [1.82, 2.24) is 4.90 Å². The molecule has 1 unspecified atom stereocenters. The van der Waals surface area contributed by atoms with E-state index in [0.29, 0.717) is 12.0 Å². The SMILES string of the molecule is Cc1ccsc1N1CCCCC1C1CCN(C(=O)OC(C)(C)C)CC1.O=C=O. The van der Waals surface area contributed by atoms with Crippen LogP contribution in [-0.2, 0) is 14.3 Å². The minimum atomic E-state index is -0.412. The van der Waals surface area contributed by atoms with Crippen LogP contribution in [0.3, 0.4) is 0 Å². The molecule has 1 aromatic heterocycles. The van der Waals surface area contributed by atoms with E-state index in [1.165, 1.54) is 36.4 Å². The van der Waals surface area contributed by atoms with Gasteiger partial charge >= 0.3 is 12.2 Å². The molecule has 0 aromatic carbocycles. The number of amides is 1. The van der Waals surface area contributed by atoms with Crippen molar-refractivity contribution in [2.75, 3.05) is 24.5 Å². The molecule has 0 bridgehead atoms. The minimum absolute atomic E-state index is 0.152. The van der Waals surface area contributed by atoms with E-state index in [2.05, 4.69) is 23.3 Å². The third kappa shape index (κ3) is 6.08. The summed E-state index contributed by atoms with van der Waals surface area (Å²) in [5, 5.41) is 3.67. The average molecular weight is 409 g/mol. The molecule has 3 rings (SSSR count). The Hall–Kier alpha value is -1.85. The Morgan fingerprint density at radius 2 is 1.79 bits per heavy atom. The molecule has 0 N–H and O–H groups in total. The lowest BCUT2D eigenvalue weighted by Crippen LogP contribution is -2.49. The van der Waals surface area contributed by atoms with Crippen molar-refractivity contribution in [2.24, 2.45) is 5.92 Å². The van der Waals surface area contributed by atoms with Crippen LogP contribution in [0.15, 0.2) is 11.4 Å². The molecule has 0 radical (unpaired) electrons. The number of carbonyl (C=O) groups excluding carboxylic acids is 3. The van der Waals surface area contributed by atoms with E-state index in [9.17, 15) is 4.79 Å². The van der Waals surface area contributed by atoms with E-state index in [0.717, 1.165) is 25.9 Å². The predicted molar refractivity (Wildman–Crippen MR) is 110 cm³/mol. The van der Waals surface area contributed by atoms with E-state index in [1.807, 2.05) is 37.0 Å². The van der Waals surface area contributed by atoms with Gasteiger partial charge in [0.25, 0.3) is 0 Å². The highest BCUT2D eigenvalue weighted by Crippen LogP contribution is 2.37. The molecule has 2 fully saturated rings. The largest absolute Gasteiger partial charge is 0.444 e. The zero-order valence-corrected chi connectivity index (χ0v) is 18.2. The normalized spacial score (nSPS) is 20.8. The topological polar surface area (TPSA) is 66.9 Å². The summed E-state index contributed by atoms with van der Waals surface area (Å²) in [5.74, 6) is 0.681. The second-order valence-corrected chi connectivity index (χ2v) is 9.45. The minimum Gasteiger partial charge on any atom is -0.444 e. The number of carbonyl (C=O) groups is 1.